The van der Waals surface area contributed by atoms with Gasteiger partial charge < -0.3 is 9.84 Å². The van der Waals surface area contributed by atoms with Crippen LogP contribution in [0.5, 0.6) is 0 Å². The van der Waals surface area contributed by atoms with Crippen molar-refractivity contribution in [3.05, 3.63) is 35.6 Å². The Morgan fingerprint density at radius 2 is 2.42 bits per heavy atom. The molecule has 1 saturated heterocycles. The lowest BCUT2D eigenvalue weighted by molar-refractivity contribution is -0.157. The lowest BCUT2D eigenvalue weighted by Gasteiger charge is -2.36. The third-order valence-electron chi connectivity index (χ3n) is 3.43. The Kier molecular flexibility index (Phi) is 4.50. The summed E-state index contributed by atoms with van der Waals surface area (Å²) in [6.45, 7) is 3.41. The summed E-state index contributed by atoms with van der Waals surface area (Å²) >= 11 is 0. The van der Waals surface area contributed by atoms with Gasteiger partial charge >= 0.3 is 5.97 Å². The topological polar surface area (TPSA) is 49.8 Å². The molecule has 5 heteroatoms. The molecule has 1 aliphatic heterocycles. The number of nitrogens with zero attached hydrogens (tertiary/aromatic N) is 1. The van der Waals surface area contributed by atoms with E-state index in [0.717, 1.165) is 12.0 Å². The van der Waals surface area contributed by atoms with Crippen molar-refractivity contribution in [2.75, 3.05) is 19.7 Å². The van der Waals surface area contributed by atoms with E-state index in [9.17, 15) is 9.18 Å². The summed E-state index contributed by atoms with van der Waals surface area (Å²) in [6, 6.07) is 6.52. The summed E-state index contributed by atoms with van der Waals surface area (Å²) in [5.74, 6) is -1.21. The number of carboxylic acids is 1. The number of ether oxygens (including phenoxy) is 1. The summed E-state index contributed by atoms with van der Waals surface area (Å²) < 4.78 is 18.5. The first-order valence-electron chi connectivity index (χ1n) is 6.45. The number of carboxylic acid groups (broad SMARTS) is 1. The second-order valence-corrected chi connectivity index (χ2v) is 4.67. The normalized spacial score (nSPS) is 22.1. The van der Waals surface area contributed by atoms with Gasteiger partial charge in [-0.25, -0.2) is 9.18 Å². The van der Waals surface area contributed by atoms with Gasteiger partial charge in [-0.3, -0.25) is 4.90 Å². The highest BCUT2D eigenvalue weighted by atomic mass is 19.1. The molecule has 0 aliphatic carbocycles. The quantitative estimate of drug-likeness (QED) is 0.907. The fraction of sp³-hybridized carbons (Fsp3) is 0.500. The van der Waals surface area contributed by atoms with Crippen LogP contribution in [-0.2, 0) is 9.53 Å². The number of rotatable bonds is 4. The lowest BCUT2D eigenvalue weighted by atomic mass is 10.0. The molecule has 0 saturated carbocycles. The van der Waals surface area contributed by atoms with E-state index in [2.05, 4.69) is 4.90 Å². The zero-order valence-corrected chi connectivity index (χ0v) is 10.9. The smallest absolute Gasteiger partial charge is 0.334 e. The Balaban J connectivity index is 2.15. The highest BCUT2D eigenvalue weighted by Crippen LogP contribution is 2.26. The molecular formula is C14H18FNO3. The number of aliphatic carboxylic acids is 1. The minimum atomic E-state index is -0.946. The van der Waals surface area contributed by atoms with Crippen LogP contribution < -0.4 is 0 Å². The standard InChI is InChI=1S/C14H18FNO3/c1-2-12(10-4-3-5-11(15)8-10)16-6-7-19-13(9-16)14(17)18/h3-5,8,12-13H,2,6-7,9H2,1H3,(H,17,18). The Labute approximate surface area is 111 Å². The number of carbonyl (C=O) groups is 1. The van der Waals surface area contributed by atoms with Crippen LogP contribution in [0, 0.1) is 5.82 Å². The predicted octanol–water partition coefficient (Wildman–Crippen LogP) is 2.06. The van der Waals surface area contributed by atoms with Crippen LogP contribution in [0.1, 0.15) is 24.9 Å². The minimum Gasteiger partial charge on any atom is -0.479 e. The van der Waals surface area contributed by atoms with Gasteiger partial charge in [0.25, 0.3) is 0 Å². The average Bonchev–Trinajstić information content (AvgIpc) is 2.40. The van der Waals surface area contributed by atoms with Gasteiger partial charge in [0.2, 0.25) is 0 Å². The molecule has 2 rings (SSSR count). The molecular weight excluding hydrogens is 249 g/mol. The summed E-state index contributed by atoms with van der Waals surface area (Å²) in [4.78, 5) is 13.0. The van der Waals surface area contributed by atoms with Gasteiger partial charge in [-0.05, 0) is 24.1 Å². The molecule has 1 aromatic carbocycles. The highest BCUT2D eigenvalue weighted by molar-refractivity contribution is 5.72. The number of hydrogen-bond acceptors (Lipinski definition) is 3. The first-order chi connectivity index (χ1) is 9.11. The summed E-state index contributed by atoms with van der Waals surface area (Å²) in [5, 5.41) is 9.01. The van der Waals surface area contributed by atoms with Gasteiger partial charge in [-0.2, -0.15) is 0 Å². The molecule has 1 aliphatic rings. The van der Waals surface area contributed by atoms with Crippen molar-refractivity contribution in [2.24, 2.45) is 0 Å². The molecule has 0 amide bonds. The third kappa shape index (κ3) is 3.30. The van der Waals surface area contributed by atoms with Gasteiger partial charge in [0, 0.05) is 19.1 Å². The summed E-state index contributed by atoms with van der Waals surface area (Å²) in [6.07, 6.45) is 0.00634. The van der Waals surface area contributed by atoms with Crippen LogP contribution in [0.25, 0.3) is 0 Å². The molecule has 19 heavy (non-hydrogen) atoms. The number of benzene rings is 1. The molecule has 0 bridgehead atoms. The summed E-state index contributed by atoms with van der Waals surface area (Å²) in [7, 11) is 0. The molecule has 4 nitrogen and oxygen atoms in total. The highest BCUT2D eigenvalue weighted by Gasteiger charge is 2.30. The number of hydrogen-bond donors (Lipinski definition) is 1. The Morgan fingerprint density at radius 1 is 1.63 bits per heavy atom. The second-order valence-electron chi connectivity index (χ2n) is 4.67. The lowest BCUT2D eigenvalue weighted by Crippen LogP contribution is -2.47. The van der Waals surface area contributed by atoms with Crippen molar-refractivity contribution in [2.45, 2.75) is 25.5 Å². The number of halogens is 1. The fourth-order valence-corrected chi connectivity index (χ4v) is 2.52. The molecule has 0 spiro atoms. The maximum Gasteiger partial charge on any atom is 0.334 e. The third-order valence-corrected chi connectivity index (χ3v) is 3.43. The van der Waals surface area contributed by atoms with E-state index in [1.165, 1.54) is 12.1 Å². The molecule has 1 heterocycles. The first-order valence-corrected chi connectivity index (χ1v) is 6.45. The van der Waals surface area contributed by atoms with E-state index in [1.807, 2.05) is 13.0 Å². The maximum atomic E-state index is 13.3. The molecule has 1 aromatic rings. The van der Waals surface area contributed by atoms with E-state index in [0.29, 0.717) is 19.7 Å². The molecule has 1 fully saturated rings. The van der Waals surface area contributed by atoms with E-state index in [-0.39, 0.29) is 11.9 Å². The molecule has 0 aromatic heterocycles. The molecule has 0 radical (unpaired) electrons. The zero-order chi connectivity index (χ0) is 13.8. The average molecular weight is 267 g/mol. The van der Waals surface area contributed by atoms with Gasteiger partial charge in [-0.1, -0.05) is 19.1 Å². The van der Waals surface area contributed by atoms with E-state index in [4.69, 9.17) is 9.84 Å². The monoisotopic (exact) mass is 267 g/mol. The second kappa shape index (κ2) is 6.12. The Hall–Kier alpha value is -1.46. The minimum absolute atomic E-state index is 0.0291. The van der Waals surface area contributed by atoms with Gasteiger partial charge in [0.05, 0.1) is 6.61 Å². The van der Waals surface area contributed by atoms with Crippen molar-refractivity contribution in [1.29, 1.82) is 0 Å². The largest absolute Gasteiger partial charge is 0.479 e. The molecule has 1 N–H and O–H groups in total. The zero-order valence-electron chi connectivity index (χ0n) is 10.9. The van der Waals surface area contributed by atoms with Gasteiger partial charge in [0.15, 0.2) is 6.10 Å². The van der Waals surface area contributed by atoms with E-state index >= 15 is 0 Å². The van der Waals surface area contributed by atoms with Gasteiger partial charge in [0.1, 0.15) is 5.82 Å². The summed E-state index contributed by atoms with van der Waals surface area (Å²) in [5.41, 5.74) is 0.883. The van der Waals surface area contributed by atoms with E-state index < -0.39 is 12.1 Å². The van der Waals surface area contributed by atoms with Crippen molar-refractivity contribution < 1.29 is 19.0 Å². The van der Waals surface area contributed by atoms with Crippen LogP contribution in [0.15, 0.2) is 24.3 Å². The number of morpholine rings is 1. The molecule has 104 valence electrons. The van der Waals surface area contributed by atoms with Crippen LogP contribution >= 0.6 is 0 Å². The first kappa shape index (κ1) is 14.0. The predicted molar refractivity (Wildman–Crippen MR) is 68.4 cm³/mol. The van der Waals surface area contributed by atoms with E-state index in [1.54, 1.807) is 6.07 Å². The van der Waals surface area contributed by atoms with Crippen molar-refractivity contribution >= 4 is 5.97 Å². The van der Waals surface area contributed by atoms with Crippen LogP contribution in [-0.4, -0.2) is 41.8 Å². The van der Waals surface area contributed by atoms with Crippen LogP contribution in [0.3, 0.4) is 0 Å². The Bertz CT molecular complexity index is 452. The Morgan fingerprint density at radius 3 is 3.05 bits per heavy atom. The molecule has 2 atom stereocenters. The van der Waals surface area contributed by atoms with Crippen molar-refractivity contribution in [3.63, 3.8) is 0 Å². The SMILES string of the molecule is CCC(c1cccc(F)c1)N1CCOC(C(=O)O)C1. The van der Waals surface area contributed by atoms with Gasteiger partial charge in [-0.15, -0.1) is 0 Å². The van der Waals surface area contributed by atoms with Crippen LogP contribution in [0.4, 0.5) is 4.39 Å². The van der Waals surface area contributed by atoms with Crippen LogP contribution in [0.2, 0.25) is 0 Å². The maximum absolute atomic E-state index is 13.3. The fourth-order valence-electron chi connectivity index (χ4n) is 2.52. The van der Waals surface area contributed by atoms with Crippen molar-refractivity contribution in [3.8, 4) is 0 Å². The molecule has 2 unspecified atom stereocenters. The van der Waals surface area contributed by atoms with Crippen molar-refractivity contribution in [1.82, 2.24) is 4.90 Å².